The molecule has 0 aliphatic heterocycles. The summed E-state index contributed by atoms with van der Waals surface area (Å²) in [4.78, 5) is 29.0. The van der Waals surface area contributed by atoms with Gasteiger partial charge in [0.1, 0.15) is 11.3 Å². The highest BCUT2D eigenvalue weighted by Gasteiger charge is 2.11. The minimum absolute atomic E-state index is 0.0311. The molecule has 1 aromatic heterocycles. The molecule has 0 atom stereocenters. The van der Waals surface area contributed by atoms with Crippen molar-refractivity contribution < 1.29 is 18.7 Å². The zero-order valence-corrected chi connectivity index (χ0v) is 17.0. The Morgan fingerprint density at radius 1 is 1.11 bits per heavy atom. The predicted octanol–water partition coefficient (Wildman–Crippen LogP) is 3.68. The molecule has 0 unspecified atom stereocenters. The topological polar surface area (TPSA) is 81.4 Å². The molecule has 0 fully saturated rings. The lowest BCUT2D eigenvalue weighted by molar-refractivity contribution is -0.145. The number of carbonyl (C=O) groups excluding carboxylic acids is 2. The molecule has 0 saturated carbocycles. The monoisotopic (exact) mass is 416 g/mol. The van der Waals surface area contributed by atoms with E-state index in [4.69, 9.17) is 9.15 Å². The molecule has 146 valence electrons. The molecule has 0 saturated heterocycles. The number of fused-ring (bicyclic) bond motifs is 1. The second-order valence-corrected chi connectivity index (χ2v) is 8.00. The van der Waals surface area contributed by atoms with Gasteiger partial charge in [-0.05, 0) is 31.2 Å². The van der Waals surface area contributed by atoms with Gasteiger partial charge in [0.15, 0.2) is 12.2 Å². The molecular weight excluding hydrogens is 396 g/mol. The van der Waals surface area contributed by atoms with Crippen LogP contribution in [0, 0.1) is 6.92 Å². The molecule has 3 rings (SSSR count). The first-order valence-corrected chi connectivity index (χ1v) is 10.7. The molecule has 0 spiro atoms. The number of thioether (sulfide) groups is 2. The van der Waals surface area contributed by atoms with Crippen LogP contribution < -0.4 is 5.32 Å². The van der Waals surface area contributed by atoms with Crippen LogP contribution >= 0.6 is 23.5 Å². The van der Waals surface area contributed by atoms with Crippen LogP contribution in [0.5, 0.6) is 0 Å². The van der Waals surface area contributed by atoms with Gasteiger partial charge in [-0.1, -0.05) is 41.6 Å². The molecule has 28 heavy (non-hydrogen) atoms. The van der Waals surface area contributed by atoms with Gasteiger partial charge in [0.05, 0.1) is 0 Å². The van der Waals surface area contributed by atoms with Gasteiger partial charge in [-0.25, -0.2) is 4.98 Å². The predicted molar refractivity (Wildman–Crippen MR) is 111 cm³/mol. The van der Waals surface area contributed by atoms with Crippen molar-refractivity contribution in [3.05, 3.63) is 54.1 Å². The molecule has 8 heteroatoms. The minimum atomic E-state index is -0.489. The summed E-state index contributed by atoms with van der Waals surface area (Å²) in [6.07, 6.45) is 0. The van der Waals surface area contributed by atoms with E-state index in [-0.39, 0.29) is 18.3 Å². The number of para-hydroxylation sites is 2. The largest absolute Gasteiger partial charge is 0.455 e. The summed E-state index contributed by atoms with van der Waals surface area (Å²) >= 11 is 2.80. The quantitative estimate of drug-likeness (QED) is 0.324. The van der Waals surface area contributed by atoms with Gasteiger partial charge in [-0.3, -0.25) is 9.59 Å². The van der Waals surface area contributed by atoms with E-state index in [0.717, 1.165) is 27.9 Å². The average molecular weight is 417 g/mol. The summed E-state index contributed by atoms with van der Waals surface area (Å²) in [5.74, 6) is -0.0270. The molecular formula is C20H20N2O4S2. The molecule has 6 nitrogen and oxygen atoms in total. The van der Waals surface area contributed by atoms with E-state index in [0.29, 0.717) is 17.4 Å². The van der Waals surface area contributed by atoms with Crippen LogP contribution in [0.1, 0.15) is 5.56 Å². The molecule has 0 radical (unpaired) electrons. The first-order chi connectivity index (χ1) is 13.6. The number of ether oxygens (including phenoxy) is 1. The normalized spacial score (nSPS) is 10.8. The van der Waals surface area contributed by atoms with E-state index < -0.39 is 5.97 Å². The summed E-state index contributed by atoms with van der Waals surface area (Å²) in [5.41, 5.74) is 2.62. The Morgan fingerprint density at radius 3 is 2.68 bits per heavy atom. The van der Waals surface area contributed by atoms with E-state index in [2.05, 4.69) is 34.6 Å². The first kappa shape index (κ1) is 20.3. The van der Waals surface area contributed by atoms with Crippen LogP contribution in [-0.4, -0.2) is 41.5 Å². The summed E-state index contributed by atoms with van der Waals surface area (Å²) in [5, 5.41) is 3.14. The number of rotatable bonds is 9. The van der Waals surface area contributed by atoms with E-state index >= 15 is 0 Å². The van der Waals surface area contributed by atoms with Crippen LogP contribution in [0.2, 0.25) is 0 Å². The summed E-state index contributed by atoms with van der Waals surface area (Å²) in [6, 6.07) is 15.6. The van der Waals surface area contributed by atoms with E-state index in [1.54, 1.807) is 11.8 Å². The highest BCUT2D eigenvalue weighted by Crippen LogP contribution is 2.23. The maximum atomic E-state index is 11.8. The zero-order chi connectivity index (χ0) is 19.8. The lowest BCUT2D eigenvalue weighted by atomic mass is 10.2. The fraction of sp³-hybridized carbons (Fsp3) is 0.250. The Labute approximate surface area is 171 Å². The van der Waals surface area contributed by atoms with Gasteiger partial charge >= 0.3 is 5.97 Å². The maximum absolute atomic E-state index is 11.8. The fourth-order valence-corrected chi connectivity index (χ4v) is 3.67. The molecule has 0 bridgehead atoms. The molecule has 0 aliphatic carbocycles. The van der Waals surface area contributed by atoms with Crippen LogP contribution in [-0.2, 0) is 14.3 Å². The summed E-state index contributed by atoms with van der Waals surface area (Å²) in [6.45, 7) is 2.26. The van der Waals surface area contributed by atoms with E-state index in [1.165, 1.54) is 5.56 Å². The summed E-state index contributed by atoms with van der Waals surface area (Å²) in [7, 11) is 0. The molecule has 2 aromatic carbocycles. The molecule has 1 amide bonds. The Morgan fingerprint density at radius 2 is 1.89 bits per heavy atom. The van der Waals surface area contributed by atoms with Crippen LogP contribution in [0.25, 0.3) is 11.1 Å². The number of amides is 1. The number of hydrogen-bond acceptors (Lipinski definition) is 7. The van der Waals surface area contributed by atoms with E-state index in [9.17, 15) is 9.59 Å². The smallest absolute Gasteiger partial charge is 0.316 e. The third-order valence-corrected chi connectivity index (χ3v) is 5.48. The molecule has 1 N–H and O–H groups in total. The number of nitrogens with one attached hydrogen (secondary N) is 1. The SMILES string of the molecule is Cc1ccc(SCCNC(=O)COC(=O)CSc2nc3ccccc3o2)cc1. The molecule has 1 heterocycles. The van der Waals surface area contributed by atoms with Crippen molar-refractivity contribution in [2.24, 2.45) is 0 Å². The number of esters is 1. The van der Waals surface area contributed by atoms with Gasteiger partial charge in [0, 0.05) is 17.2 Å². The fourth-order valence-electron chi connectivity index (χ4n) is 2.27. The first-order valence-electron chi connectivity index (χ1n) is 8.70. The van der Waals surface area contributed by atoms with Crippen LogP contribution in [0.15, 0.2) is 63.1 Å². The van der Waals surface area contributed by atoms with Gasteiger partial charge in [-0.15, -0.1) is 11.8 Å². The molecule has 3 aromatic rings. The minimum Gasteiger partial charge on any atom is -0.455 e. The second kappa shape index (κ2) is 10.2. The van der Waals surface area contributed by atoms with Gasteiger partial charge in [0.25, 0.3) is 11.1 Å². The lowest BCUT2D eigenvalue weighted by Gasteiger charge is -2.06. The van der Waals surface area contributed by atoms with Crippen molar-refractivity contribution in [2.75, 3.05) is 24.7 Å². The number of aromatic nitrogens is 1. The van der Waals surface area contributed by atoms with Crippen molar-refractivity contribution in [3.63, 3.8) is 0 Å². The van der Waals surface area contributed by atoms with Crippen molar-refractivity contribution in [3.8, 4) is 0 Å². The standard InChI is InChI=1S/C20H20N2O4S2/c1-14-6-8-15(9-7-14)27-11-10-21-18(23)12-25-19(24)13-28-20-22-16-4-2-3-5-17(16)26-20/h2-9H,10-13H2,1H3,(H,21,23). The highest BCUT2D eigenvalue weighted by atomic mass is 32.2. The van der Waals surface area contributed by atoms with Crippen molar-refractivity contribution in [1.29, 1.82) is 0 Å². The van der Waals surface area contributed by atoms with E-state index in [1.807, 2.05) is 31.2 Å². The molecule has 0 aliphatic rings. The Hall–Kier alpha value is -2.45. The maximum Gasteiger partial charge on any atom is 0.316 e. The van der Waals surface area contributed by atoms with Crippen molar-refractivity contribution in [2.45, 2.75) is 17.0 Å². The van der Waals surface area contributed by atoms with Gasteiger partial charge in [-0.2, -0.15) is 0 Å². The zero-order valence-electron chi connectivity index (χ0n) is 15.3. The third-order valence-electron chi connectivity index (χ3n) is 3.67. The average Bonchev–Trinajstić information content (AvgIpc) is 3.12. The lowest BCUT2D eigenvalue weighted by Crippen LogP contribution is -2.30. The van der Waals surface area contributed by atoms with Crippen LogP contribution in [0.3, 0.4) is 0 Å². The highest BCUT2D eigenvalue weighted by molar-refractivity contribution is 7.99. The number of nitrogens with zero attached hydrogens (tertiary/aromatic N) is 1. The Balaban J connectivity index is 1.29. The third kappa shape index (κ3) is 6.31. The Kier molecular flexibility index (Phi) is 7.39. The number of aryl methyl sites for hydroxylation is 1. The Bertz CT molecular complexity index is 908. The van der Waals surface area contributed by atoms with Crippen LogP contribution in [0.4, 0.5) is 0 Å². The van der Waals surface area contributed by atoms with Gasteiger partial charge in [0.2, 0.25) is 0 Å². The number of oxazole rings is 1. The van der Waals surface area contributed by atoms with Crippen molar-refractivity contribution >= 4 is 46.5 Å². The van der Waals surface area contributed by atoms with Gasteiger partial charge < -0.3 is 14.5 Å². The summed E-state index contributed by atoms with van der Waals surface area (Å²) < 4.78 is 10.5. The van der Waals surface area contributed by atoms with Crippen molar-refractivity contribution in [1.82, 2.24) is 10.3 Å². The number of hydrogen-bond donors (Lipinski definition) is 1. The second-order valence-electron chi connectivity index (χ2n) is 5.91. The number of carbonyl (C=O) groups is 2. The number of benzene rings is 2.